The van der Waals surface area contributed by atoms with Gasteiger partial charge in [0.1, 0.15) is 0 Å². The Labute approximate surface area is 98.2 Å². The van der Waals surface area contributed by atoms with Crippen LogP contribution in [-0.2, 0) is 6.54 Å². The number of hydrogen-bond acceptors (Lipinski definition) is 4. The average Bonchev–Trinajstić information content (AvgIpc) is 2.73. The standard InChI is InChI=1S/C10H12ClN5/c1-13-10-15-14-9(6-12)16(10)8-4-2-7(11)3-5-8/h2-5H,6,12H2,1H3,(H,13,15). The second-order valence-corrected chi connectivity index (χ2v) is 3.64. The number of nitrogens with one attached hydrogen (secondary N) is 1. The summed E-state index contributed by atoms with van der Waals surface area (Å²) in [5, 5.41) is 11.6. The maximum absolute atomic E-state index is 5.84. The zero-order valence-electron chi connectivity index (χ0n) is 8.81. The van der Waals surface area contributed by atoms with E-state index in [2.05, 4.69) is 15.5 Å². The minimum Gasteiger partial charge on any atom is -0.357 e. The number of aromatic nitrogens is 3. The first-order chi connectivity index (χ1) is 7.76. The van der Waals surface area contributed by atoms with Gasteiger partial charge in [-0.2, -0.15) is 0 Å². The molecule has 0 unspecified atom stereocenters. The zero-order chi connectivity index (χ0) is 11.5. The van der Waals surface area contributed by atoms with Crippen molar-refractivity contribution in [3.05, 3.63) is 35.1 Å². The van der Waals surface area contributed by atoms with Crippen molar-refractivity contribution in [3.8, 4) is 5.69 Å². The highest BCUT2D eigenvalue weighted by molar-refractivity contribution is 6.30. The Morgan fingerprint density at radius 1 is 1.31 bits per heavy atom. The van der Waals surface area contributed by atoms with Gasteiger partial charge in [0.05, 0.1) is 12.2 Å². The molecule has 2 aromatic rings. The third kappa shape index (κ3) is 1.87. The molecule has 0 spiro atoms. The monoisotopic (exact) mass is 237 g/mol. The van der Waals surface area contributed by atoms with Crippen LogP contribution in [0.3, 0.4) is 0 Å². The van der Waals surface area contributed by atoms with Crippen molar-refractivity contribution in [3.63, 3.8) is 0 Å². The van der Waals surface area contributed by atoms with Crippen LogP contribution in [0.15, 0.2) is 24.3 Å². The summed E-state index contributed by atoms with van der Waals surface area (Å²) in [5.74, 6) is 1.36. The molecule has 5 nitrogen and oxygen atoms in total. The Morgan fingerprint density at radius 2 is 2.00 bits per heavy atom. The van der Waals surface area contributed by atoms with Crippen LogP contribution in [0.25, 0.3) is 5.69 Å². The fourth-order valence-corrected chi connectivity index (χ4v) is 1.60. The zero-order valence-corrected chi connectivity index (χ0v) is 9.57. The van der Waals surface area contributed by atoms with Crippen LogP contribution in [-0.4, -0.2) is 21.8 Å². The van der Waals surface area contributed by atoms with Gasteiger partial charge >= 0.3 is 0 Å². The minimum absolute atomic E-state index is 0.331. The predicted octanol–water partition coefficient (Wildman–Crippen LogP) is 1.42. The Hall–Kier alpha value is -1.59. The topological polar surface area (TPSA) is 68.8 Å². The summed E-state index contributed by atoms with van der Waals surface area (Å²) < 4.78 is 1.86. The van der Waals surface area contributed by atoms with E-state index in [9.17, 15) is 0 Å². The fourth-order valence-electron chi connectivity index (χ4n) is 1.47. The number of benzene rings is 1. The lowest BCUT2D eigenvalue weighted by Crippen LogP contribution is -2.08. The van der Waals surface area contributed by atoms with E-state index in [0.717, 1.165) is 5.69 Å². The van der Waals surface area contributed by atoms with E-state index in [0.29, 0.717) is 23.3 Å². The highest BCUT2D eigenvalue weighted by Gasteiger charge is 2.10. The second kappa shape index (κ2) is 4.51. The van der Waals surface area contributed by atoms with E-state index in [1.54, 1.807) is 7.05 Å². The number of anilines is 1. The lowest BCUT2D eigenvalue weighted by atomic mass is 10.3. The first kappa shape index (κ1) is 10.9. The molecule has 0 aliphatic heterocycles. The first-order valence-corrected chi connectivity index (χ1v) is 5.22. The van der Waals surface area contributed by atoms with Crippen molar-refractivity contribution < 1.29 is 0 Å². The molecular formula is C10H12ClN5. The van der Waals surface area contributed by atoms with Gasteiger partial charge in [-0.05, 0) is 24.3 Å². The van der Waals surface area contributed by atoms with E-state index in [1.807, 2.05) is 28.8 Å². The van der Waals surface area contributed by atoms with Gasteiger partial charge in [0, 0.05) is 12.1 Å². The molecule has 0 atom stereocenters. The minimum atomic E-state index is 0.331. The van der Waals surface area contributed by atoms with E-state index in [4.69, 9.17) is 17.3 Å². The highest BCUT2D eigenvalue weighted by atomic mass is 35.5. The molecule has 0 saturated heterocycles. The Bertz CT molecular complexity index is 455. The average molecular weight is 238 g/mol. The Morgan fingerprint density at radius 3 is 2.56 bits per heavy atom. The van der Waals surface area contributed by atoms with Crippen LogP contribution >= 0.6 is 11.6 Å². The van der Waals surface area contributed by atoms with Crippen LogP contribution in [0.5, 0.6) is 0 Å². The smallest absolute Gasteiger partial charge is 0.229 e. The molecule has 1 aromatic carbocycles. The van der Waals surface area contributed by atoms with Gasteiger partial charge in [-0.15, -0.1) is 10.2 Å². The number of nitrogens with two attached hydrogens (primary N) is 1. The van der Waals surface area contributed by atoms with Gasteiger partial charge in [0.2, 0.25) is 5.95 Å². The second-order valence-electron chi connectivity index (χ2n) is 3.21. The largest absolute Gasteiger partial charge is 0.357 e. The summed E-state index contributed by atoms with van der Waals surface area (Å²) in [6.45, 7) is 0.331. The molecule has 1 heterocycles. The summed E-state index contributed by atoms with van der Waals surface area (Å²) in [6, 6.07) is 7.42. The normalized spacial score (nSPS) is 10.4. The first-order valence-electron chi connectivity index (χ1n) is 4.84. The fraction of sp³-hybridized carbons (Fsp3) is 0.200. The van der Waals surface area contributed by atoms with Crippen LogP contribution in [0.1, 0.15) is 5.82 Å². The highest BCUT2D eigenvalue weighted by Crippen LogP contribution is 2.18. The van der Waals surface area contributed by atoms with Crippen LogP contribution in [0.4, 0.5) is 5.95 Å². The summed E-state index contributed by atoms with van der Waals surface area (Å²) in [7, 11) is 1.79. The molecule has 0 saturated carbocycles. The summed E-state index contributed by atoms with van der Waals surface area (Å²) in [4.78, 5) is 0. The Balaban J connectivity index is 2.52. The molecule has 0 aliphatic rings. The van der Waals surface area contributed by atoms with Gasteiger partial charge in [-0.3, -0.25) is 4.57 Å². The number of rotatable bonds is 3. The van der Waals surface area contributed by atoms with E-state index >= 15 is 0 Å². The van der Waals surface area contributed by atoms with Gasteiger partial charge in [-0.1, -0.05) is 11.6 Å². The molecule has 6 heteroatoms. The van der Waals surface area contributed by atoms with Crippen molar-refractivity contribution in [2.24, 2.45) is 5.73 Å². The van der Waals surface area contributed by atoms with Gasteiger partial charge < -0.3 is 11.1 Å². The molecule has 16 heavy (non-hydrogen) atoms. The van der Waals surface area contributed by atoms with Gasteiger partial charge in [0.15, 0.2) is 5.82 Å². The van der Waals surface area contributed by atoms with Crippen molar-refractivity contribution in [2.45, 2.75) is 6.54 Å². The molecule has 1 aromatic heterocycles. The molecule has 2 rings (SSSR count). The number of nitrogens with zero attached hydrogens (tertiary/aromatic N) is 3. The Kier molecular flexibility index (Phi) is 3.07. The van der Waals surface area contributed by atoms with E-state index in [1.165, 1.54) is 0 Å². The van der Waals surface area contributed by atoms with E-state index in [-0.39, 0.29) is 0 Å². The molecule has 0 fully saturated rings. The number of halogens is 1. The van der Waals surface area contributed by atoms with E-state index < -0.39 is 0 Å². The number of hydrogen-bond donors (Lipinski definition) is 2. The lowest BCUT2D eigenvalue weighted by Gasteiger charge is -2.08. The SMILES string of the molecule is CNc1nnc(CN)n1-c1ccc(Cl)cc1. The van der Waals surface area contributed by atoms with Crippen molar-refractivity contribution >= 4 is 17.5 Å². The molecule has 0 bridgehead atoms. The van der Waals surface area contributed by atoms with Crippen LogP contribution in [0.2, 0.25) is 5.02 Å². The maximum Gasteiger partial charge on any atom is 0.229 e. The third-order valence-corrected chi connectivity index (χ3v) is 2.47. The molecule has 3 N–H and O–H groups in total. The molecule has 0 aliphatic carbocycles. The van der Waals surface area contributed by atoms with Crippen molar-refractivity contribution in [1.82, 2.24) is 14.8 Å². The third-order valence-electron chi connectivity index (χ3n) is 2.22. The van der Waals surface area contributed by atoms with Crippen molar-refractivity contribution in [2.75, 3.05) is 12.4 Å². The van der Waals surface area contributed by atoms with Gasteiger partial charge in [0.25, 0.3) is 0 Å². The quantitative estimate of drug-likeness (QED) is 0.847. The molecule has 0 amide bonds. The van der Waals surface area contributed by atoms with Crippen molar-refractivity contribution in [1.29, 1.82) is 0 Å². The van der Waals surface area contributed by atoms with Crippen LogP contribution in [0, 0.1) is 0 Å². The predicted molar refractivity (Wildman–Crippen MR) is 63.8 cm³/mol. The van der Waals surface area contributed by atoms with Crippen LogP contribution < -0.4 is 11.1 Å². The summed E-state index contributed by atoms with van der Waals surface area (Å²) in [6.07, 6.45) is 0. The molecular weight excluding hydrogens is 226 g/mol. The molecule has 84 valence electrons. The van der Waals surface area contributed by atoms with Gasteiger partial charge in [-0.25, -0.2) is 0 Å². The summed E-state index contributed by atoms with van der Waals surface area (Å²) >= 11 is 5.84. The maximum atomic E-state index is 5.84. The molecule has 0 radical (unpaired) electrons. The lowest BCUT2D eigenvalue weighted by molar-refractivity contribution is 0.861. The summed E-state index contributed by atoms with van der Waals surface area (Å²) in [5.41, 5.74) is 6.54.